The number of benzene rings is 1. The molecule has 0 bridgehead atoms. The Bertz CT molecular complexity index is 453. The normalized spacial score (nSPS) is 13.4. The van der Waals surface area contributed by atoms with Gasteiger partial charge in [0.15, 0.2) is 5.69 Å². The standard InChI is InChI=1S/C12H15BN2O3/c1-8(11(12(16)17)15-13(2)18)9-4-6-10(14-3)7-5-9/h4-8,11,15,18H,1-2H3,(H,16,17)/t8-,11+/m0/s1. The molecule has 0 radical (unpaired) electrons. The summed E-state index contributed by atoms with van der Waals surface area (Å²) in [5.74, 6) is -1.32. The molecule has 0 fully saturated rings. The number of carboxylic acids is 1. The lowest BCUT2D eigenvalue weighted by molar-refractivity contribution is -0.139. The average molecular weight is 246 g/mol. The average Bonchev–Trinajstić information content (AvgIpc) is 2.34. The lowest BCUT2D eigenvalue weighted by Crippen LogP contribution is -2.47. The molecule has 18 heavy (non-hydrogen) atoms. The monoisotopic (exact) mass is 246 g/mol. The third-order valence-corrected chi connectivity index (χ3v) is 2.73. The predicted molar refractivity (Wildman–Crippen MR) is 69.5 cm³/mol. The number of hydrogen-bond donors (Lipinski definition) is 3. The molecular formula is C12H15BN2O3. The van der Waals surface area contributed by atoms with Gasteiger partial charge < -0.3 is 15.4 Å². The Morgan fingerprint density at radius 2 is 2.00 bits per heavy atom. The van der Waals surface area contributed by atoms with Crippen LogP contribution in [0.5, 0.6) is 0 Å². The summed E-state index contributed by atoms with van der Waals surface area (Å²) in [6.45, 7) is 10.1. The van der Waals surface area contributed by atoms with E-state index in [-0.39, 0.29) is 5.92 Å². The molecule has 0 heterocycles. The van der Waals surface area contributed by atoms with Crippen LogP contribution in [0.2, 0.25) is 6.82 Å². The van der Waals surface area contributed by atoms with Crippen molar-refractivity contribution in [3.8, 4) is 0 Å². The molecule has 0 aliphatic carbocycles. The molecule has 1 aromatic rings. The topological polar surface area (TPSA) is 73.9 Å². The van der Waals surface area contributed by atoms with Crippen LogP contribution in [0, 0.1) is 6.57 Å². The molecule has 5 nitrogen and oxygen atoms in total. The maximum atomic E-state index is 11.2. The van der Waals surface area contributed by atoms with Gasteiger partial charge in [-0.15, -0.1) is 0 Å². The highest BCUT2D eigenvalue weighted by Gasteiger charge is 2.27. The Hall–Kier alpha value is -1.84. The van der Waals surface area contributed by atoms with E-state index >= 15 is 0 Å². The van der Waals surface area contributed by atoms with Crippen molar-refractivity contribution >= 4 is 18.7 Å². The van der Waals surface area contributed by atoms with E-state index in [1.54, 1.807) is 31.2 Å². The van der Waals surface area contributed by atoms with Crippen molar-refractivity contribution in [1.29, 1.82) is 0 Å². The highest BCUT2D eigenvalue weighted by atomic mass is 16.4. The summed E-state index contributed by atoms with van der Waals surface area (Å²) in [5, 5.41) is 21.0. The zero-order chi connectivity index (χ0) is 13.7. The Kier molecular flexibility index (Phi) is 4.90. The van der Waals surface area contributed by atoms with E-state index in [1.165, 1.54) is 6.82 Å². The summed E-state index contributed by atoms with van der Waals surface area (Å²) in [6.07, 6.45) is 0. The number of carbonyl (C=O) groups is 1. The third-order valence-electron chi connectivity index (χ3n) is 2.73. The molecule has 2 atom stereocenters. The van der Waals surface area contributed by atoms with Gasteiger partial charge in [0.25, 0.3) is 0 Å². The number of nitrogens with zero attached hydrogens (tertiary/aromatic N) is 1. The molecule has 0 spiro atoms. The fraction of sp³-hybridized carbons (Fsp3) is 0.333. The number of carboxylic acid groups (broad SMARTS) is 1. The van der Waals surface area contributed by atoms with Crippen LogP contribution >= 0.6 is 0 Å². The van der Waals surface area contributed by atoms with Gasteiger partial charge in [0, 0.05) is 5.92 Å². The molecule has 6 heteroatoms. The van der Waals surface area contributed by atoms with Crippen LogP contribution in [0.4, 0.5) is 5.69 Å². The molecule has 3 N–H and O–H groups in total. The fourth-order valence-corrected chi connectivity index (χ4v) is 1.73. The first-order valence-corrected chi connectivity index (χ1v) is 5.60. The van der Waals surface area contributed by atoms with Gasteiger partial charge in [-0.3, -0.25) is 4.79 Å². The van der Waals surface area contributed by atoms with E-state index in [9.17, 15) is 9.82 Å². The van der Waals surface area contributed by atoms with Gasteiger partial charge in [0.1, 0.15) is 6.04 Å². The SMILES string of the molecule is [C-]#[N+]c1ccc([C@H](C)[C@@H](NB(C)O)C(=O)O)cc1. The zero-order valence-corrected chi connectivity index (χ0v) is 10.3. The Morgan fingerprint density at radius 1 is 1.44 bits per heavy atom. The maximum Gasteiger partial charge on any atom is 0.374 e. The molecule has 0 saturated carbocycles. The van der Waals surface area contributed by atoms with Gasteiger partial charge in [-0.1, -0.05) is 31.2 Å². The largest absolute Gasteiger partial charge is 0.480 e. The van der Waals surface area contributed by atoms with Gasteiger partial charge >= 0.3 is 13.0 Å². The van der Waals surface area contributed by atoms with E-state index in [0.717, 1.165) is 5.56 Å². The molecular weight excluding hydrogens is 231 g/mol. The van der Waals surface area contributed by atoms with Crippen molar-refractivity contribution in [3.05, 3.63) is 41.2 Å². The van der Waals surface area contributed by atoms with Crippen molar-refractivity contribution in [2.24, 2.45) is 0 Å². The fourth-order valence-electron chi connectivity index (χ4n) is 1.73. The van der Waals surface area contributed by atoms with Gasteiger partial charge in [-0.05, 0) is 12.4 Å². The second kappa shape index (κ2) is 6.19. The first kappa shape index (κ1) is 14.2. The first-order valence-electron chi connectivity index (χ1n) is 5.60. The van der Waals surface area contributed by atoms with E-state index < -0.39 is 19.1 Å². The second-order valence-corrected chi connectivity index (χ2v) is 4.15. The van der Waals surface area contributed by atoms with Crippen molar-refractivity contribution in [3.63, 3.8) is 0 Å². The molecule has 0 saturated heterocycles. The lowest BCUT2D eigenvalue weighted by atomic mass is 9.83. The van der Waals surface area contributed by atoms with E-state index in [4.69, 9.17) is 11.7 Å². The number of hydrogen-bond acceptors (Lipinski definition) is 3. The van der Waals surface area contributed by atoms with Crippen LogP contribution in [0.15, 0.2) is 24.3 Å². The van der Waals surface area contributed by atoms with Gasteiger partial charge in [0.2, 0.25) is 0 Å². The molecule has 0 aromatic heterocycles. The predicted octanol–water partition coefficient (Wildman–Crippen LogP) is 1.49. The van der Waals surface area contributed by atoms with E-state index in [2.05, 4.69) is 10.1 Å². The quantitative estimate of drug-likeness (QED) is 0.543. The number of nitrogens with one attached hydrogen (secondary N) is 1. The van der Waals surface area contributed by atoms with Gasteiger partial charge in [-0.25, -0.2) is 4.85 Å². The molecule has 0 aliphatic heterocycles. The molecule has 0 amide bonds. The minimum atomic E-state index is -1.02. The molecule has 0 unspecified atom stereocenters. The maximum absolute atomic E-state index is 11.2. The van der Waals surface area contributed by atoms with Crippen molar-refractivity contribution < 1.29 is 14.9 Å². The van der Waals surface area contributed by atoms with Gasteiger partial charge in [0.05, 0.1) is 6.57 Å². The van der Waals surface area contributed by atoms with Crippen LogP contribution in [-0.2, 0) is 4.79 Å². The van der Waals surface area contributed by atoms with Crippen LogP contribution in [-0.4, -0.2) is 29.2 Å². The summed E-state index contributed by atoms with van der Waals surface area (Å²) < 4.78 is 0. The van der Waals surface area contributed by atoms with Crippen LogP contribution < -0.4 is 5.23 Å². The Morgan fingerprint density at radius 3 is 2.39 bits per heavy atom. The van der Waals surface area contributed by atoms with Crippen molar-refractivity contribution in [1.82, 2.24) is 5.23 Å². The number of aliphatic carboxylic acids is 1. The van der Waals surface area contributed by atoms with Crippen LogP contribution in [0.1, 0.15) is 18.4 Å². The molecule has 0 aliphatic rings. The highest BCUT2D eigenvalue weighted by Crippen LogP contribution is 2.22. The summed E-state index contributed by atoms with van der Waals surface area (Å²) in [4.78, 5) is 14.4. The lowest BCUT2D eigenvalue weighted by Gasteiger charge is -2.22. The Balaban J connectivity index is 2.91. The summed E-state index contributed by atoms with van der Waals surface area (Å²) >= 11 is 0. The summed E-state index contributed by atoms with van der Waals surface area (Å²) in [6, 6.07) is 5.90. The van der Waals surface area contributed by atoms with Gasteiger partial charge in [-0.2, -0.15) is 0 Å². The van der Waals surface area contributed by atoms with Crippen molar-refractivity contribution in [2.45, 2.75) is 25.7 Å². The second-order valence-electron chi connectivity index (χ2n) is 4.15. The van der Waals surface area contributed by atoms with E-state index in [1.807, 2.05) is 0 Å². The number of rotatable bonds is 5. The van der Waals surface area contributed by atoms with Crippen LogP contribution in [0.3, 0.4) is 0 Å². The van der Waals surface area contributed by atoms with E-state index in [0.29, 0.717) is 5.69 Å². The smallest absolute Gasteiger partial charge is 0.374 e. The summed E-state index contributed by atoms with van der Waals surface area (Å²) in [7, 11) is -0.893. The highest BCUT2D eigenvalue weighted by molar-refractivity contribution is 6.46. The zero-order valence-electron chi connectivity index (χ0n) is 10.3. The molecule has 1 aromatic carbocycles. The molecule has 94 valence electrons. The van der Waals surface area contributed by atoms with Crippen LogP contribution in [0.25, 0.3) is 4.85 Å². The first-order chi connectivity index (χ1) is 8.45. The molecule has 1 rings (SSSR count). The Labute approximate surface area is 106 Å². The minimum absolute atomic E-state index is 0.308. The third kappa shape index (κ3) is 3.59. The summed E-state index contributed by atoms with van der Waals surface area (Å²) in [5.41, 5.74) is 1.32. The minimum Gasteiger partial charge on any atom is -0.480 e. The van der Waals surface area contributed by atoms with Crippen molar-refractivity contribution in [2.75, 3.05) is 0 Å².